The molecule has 0 aliphatic heterocycles. The van der Waals surface area contributed by atoms with Crippen LogP contribution in [-0.2, 0) is 16.0 Å². The van der Waals surface area contributed by atoms with Gasteiger partial charge in [0.1, 0.15) is 11.4 Å². The molecule has 0 saturated heterocycles. The van der Waals surface area contributed by atoms with E-state index in [1.54, 1.807) is 6.26 Å². The van der Waals surface area contributed by atoms with Gasteiger partial charge in [-0.2, -0.15) is 0 Å². The van der Waals surface area contributed by atoms with Crippen LogP contribution in [-0.4, -0.2) is 37.2 Å². The van der Waals surface area contributed by atoms with Crippen LogP contribution in [0.25, 0.3) is 0 Å². The van der Waals surface area contributed by atoms with Gasteiger partial charge in [0.25, 0.3) is 0 Å². The highest BCUT2D eigenvalue weighted by atomic mass is 16.6. The summed E-state index contributed by atoms with van der Waals surface area (Å²) in [6.45, 7) is 10.1. The number of unbranched alkanes of at least 4 members (excludes halogenated alkanes) is 3. The van der Waals surface area contributed by atoms with Gasteiger partial charge in [0.05, 0.1) is 6.26 Å². The highest BCUT2D eigenvalue weighted by Crippen LogP contribution is 2.11. The minimum Gasteiger partial charge on any atom is -0.469 e. The van der Waals surface area contributed by atoms with Crippen LogP contribution in [0.4, 0.5) is 0 Å². The number of esters is 1. The molecular weight excluding hydrogens is 330 g/mol. The standard InChI is InChI=1S/C20H35N3O3/c1-5-21-19(23-15-13-17-11-10-16-25-17)22-14-9-7-6-8-12-18(24)26-20(2,3)4/h10-11,16H,5-9,12-15H2,1-4H3,(H2,21,22,23). The molecule has 0 radical (unpaired) electrons. The maximum Gasteiger partial charge on any atom is 0.306 e. The first kappa shape index (κ1) is 22.1. The summed E-state index contributed by atoms with van der Waals surface area (Å²) in [4.78, 5) is 16.2. The van der Waals surface area contributed by atoms with Gasteiger partial charge in [-0.25, -0.2) is 0 Å². The second kappa shape index (κ2) is 12.4. The van der Waals surface area contributed by atoms with Crippen molar-refractivity contribution in [2.45, 2.75) is 71.8 Å². The molecule has 0 aliphatic carbocycles. The lowest BCUT2D eigenvalue weighted by Crippen LogP contribution is -2.38. The van der Waals surface area contributed by atoms with Crippen LogP contribution in [0.15, 0.2) is 27.8 Å². The van der Waals surface area contributed by atoms with Crippen LogP contribution >= 0.6 is 0 Å². The molecule has 2 N–H and O–H groups in total. The van der Waals surface area contributed by atoms with E-state index in [9.17, 15) is 4.79 Å². The van der Waals surface area contributed by atoms with Gasteiger partial charge in [-0.3, -0.25) is 9.79 Å². The number of furan rings is 1. The molecule has 148 valence electrons. The number of guanidine groups is 1. The topological polar surface area (TPSA) is 75.9 Å². The zero-order valence-electron chi connectivity index (χ0n) is 16.8. The fourth-order valence-corrected chi connectivity index (χ4v) is 2.42. The lowest BCUT2D eigenvalue weighted by Gasteiger charge is -2.19. The second-order valence-corrected chi connectivity index (χ2v) is 7.27. The van der Waals surface area contributed by atoms with Crippen LogP contribution in [0.2, 0.25) is 0 Å². The first-order valence-corrected chi connectivity index (χ1v) is 9.67. The van der Waals surface area contributed by atoms with E-state index < -0.39 is 5.60 Å². The molecule has 0 fully saturated rings. The van der Waals surface area contributed by atoms with Crippen LogP contribution in [0.5, 0.6) is 0 Å². The molecule has 0 aromatic carbocycles. The number of hydrogen-bond donors (Lipinski definition) is 2. The summed E-state index contributed by atoms with van der Waals surface area (Å²) >= 11 is 0. The molecule has 1 rings (SSSR count). The Morgan fingerprint density at radius 1 is 1.19 bits per heavy atom. The van der Waals surface area contributed by atoms with E-state index in [-0.39, 0.29) is 5.97 Å². The molecule has 0 unspecified atom stereocenters. The van der Waals surface area contributed by atoms with E-state index in [0.29, 0.717) is 6.42 Å². The van der Waals surface area contributed by atoms with Crippen molar-refractivity contribution >= 4 is 11.9 Å². The minimum atomic E-state index is -0.390. The van der Waals surface area contributed by atoms with E-state index in [4.69, 9.17) is 9.15 Å². The number of hydrogen-bond acceptors (Lipinski definition) is 4. The van der Waals surface area contributed by atoms with Crippen molar-refractivity contribution in [2.24, 2.45) is 4.99 Å². The predicted octanol–water partition coefficient (Wildman–Crippen LogP) is 3.67. The van der Waals surface area contributed by atoms with E-state index >= 15 is 0 Å². The van der Waals surface area contributed by atoms with Crippen LogP contribution in [0, 0.1) is 0 Å². The highest BCUT2D eigenvalue weighted by Gasteiger charge is 2.15. The molecule has 1 aromatic rings. The number of carbonyl (C=O) groups is 1. The zero-order chi connectivity index (χ0) is 19.3. The van der Waals surface area contributed by atoms with Crippen molar-refractivity contribution in [3.63, 3.8) is 0 Å². The van der Waals surface area contributed by atoms with E-state index in [2.05, 4.69) is 22.5 Å². The Morgan fingerprint density at radius 2 is 1.96 bits per heavy atom. The first-order valence-electron chi connectivity index (χ1n) is 9.67. The fourth-order valence-electron chi connectivity index (χ4n) is 2.42. The normalized spacial score (nSPS) is 12.1. The third kappa shape index (κ3) is 11.6. The van der Waals surface area contributed by atoms with Crippen LogP contribution < -0.4 is 10.6 Å². The van der Waals surface area contributed by atoms with Crippen molar-refractivity contribution in [3.05, 3.63) is 24.2 Å². The second-order valence-electron chi connectivity index (χ2n) is 7.27. The average molecular weight is 366 g/mol. The van der Waals surface area contributed by atoms with Gasteiger partial charge < -0.3 is 19.8 Å². The zero-order valence-corrected chi connectivity index (χ0v) is 16.8. The Kier molecular flexibility index (Phi) is 10.5. The molecule has 0 saturated carbocycles. The Balaban J connectivity index is 2.11. The molecule has 0 bridgehead atoms. The monoisotopic (exact) mass is 365 g/mol. The molecule has 6 nitrogen and oxygen atoms in total. The maximum atomic E-state index is 11.6. The van der Waals surface area contributed by atoms with Crippen LogP contribution in [0.3, 0.4) is 0 Å². The predicted molar refractivity (Wildman–Crippen MR) is 105 cm³/mol. The van der Waals surface area contributed by atoms with Crippen molar-refractivity contribution in [3.8, 4) is 0 Å². The molecule has 1 heterocycles. The SMILES string of the molecule is CCNC(=NCCCCCCC(=O)OC(C)(C)C)NCCc1ccco1. The number of rotatable bonds is 11. The number of nitrogens with zero attached hydrogens (tertiary/aromatic N) is 1. The summed E-state index contributed by atoms with van der Waals surface area (Å²) in [6.07, 6.45) is 7.01. The molecule has 26 heavy (non-hydrogen) atoms. The van der Waals surface area contributed by atoms with Crippen molar-refractivity contribution in [1.82, 2.24) is 10.6 Å². The largest absolute Gasteiger partial charge is 0.469 e. The maximum absolute atomic E-state index is 11.6. The number of aliphatic imine (C=N–C) groups is 1. The van der Waals surface area contributed by atoms with Gasteiger partial charge in [0.15, 0.2) is 5.96 Å². The quantitative estimate of drug-likeness (QED) is 0.271. The van der Waals surface area contributed by atoms with Gasteiger partial charge in [0, 0.05) is 32.5 Å². The number of ether oxygens (including phenoxy) is 1. The number of carbonyl (C=O) groups excluding carboxylic acids is 1. The highest BCUT2D eigenvalue weighted by molar-refractivity contribution is 5.79. The van der Waals surface area contributed by atoms with Crippen molar-refractivity contribution in [1.29, 1.82) is 0 Å². The minimum absolute atomic E-state index is 0.106. The van der Waals surface area contributed by atoms with Gasteiger partial charge >= 0.3 is 5.97 Å². The summed E-state index contributed by atoms with van der Waals surface area (Å²) in [5.74, 6) is 1.71. The van der Waals surface area contributed by atoms with Crippen LogP contribution in [0.1, 0.15) is 65.6 Å². The average Bonchev–Trinajstić information content (AvgIpc) is 3.05. The van der Waals surface area contributed by atoms with Gasteiger partial charge in [-0.1, -0.05) is 12.8 Å². The molecule has 0 amide bonds. The Morgan fingerprint density at radius 3 is 2.62 bits per heavy atom. The Labute approximate surface area is 157 Å². The molecule has 1 aromatic heterocycles. The summed E-state index contributed by atoms with van der Waals surface area (Å²) in [7, 11) is 0. The first-order chi connectivity index (χ1) is 12.4. The summed E-state index contributed by atoms with van der Waals surface area (Å²) in [5, 5.41) is 6.56. The van der Waals surface area contributed by atoms with Gasteiger partial charge in [0.2, 0.25) is 0 Å². The third-order valence-corrected chi connectivity index (χ3v) is 3.57. The molecule has 6 heteroatoms. The van der Waals surface area contributed by atoms with E-state index in [1.807, 2.05) is 32.9 Å². The van der Waals surface area contributed by atoms with E-state index in [0.717, 1.165) is 63.5 Å². The molecule has 0 atom stereocenters. The Hall–Kier alpha value is -1.98. The van der Waals surface area contributed by atoms with Crippen molar-refractivity contribution in [2.75, 3.05) is 19.6 Å². The fraction of sp³-hybridized carbons (Fsp3) is 0.700. The van der Waals surface area contributed by atoms with Gasteiger partial charge in [-0.05, 0) is 52.7 Å². The number of nitrogens with one attached hydrogen (secondary N) is 2. The Bertz CT molecular complexity index is 519. The smallest absolute Gasteiger partial charge is 0.306 e. The molecular formula is C20H35N3O3. The van der Waals surface area contributed by atoms with Crippen molar-refractivity contribution < 1.29 is 13.9 Å². The molecule has 0 aliphatic rings. The summed E-state index contributed by atoms with van der Waals surface area (Å²) in [6, 6.07) is 3.88. The summed E-state index contributed by atoms with van der Waals surface area (Å²) < 4.78 is 10.6. The molecule has 0 spiro atoms. The lowest BCUT2D eigenvalue weighted by molar-refractivity contribution is -0.154. The summed E-state index contributed by atoms with van der Waals surface area (Å²) in [5.41, 5.74) is -0.390. The third-order valence-electron chi connectivity index (χ3n) is 3.57. The lowest BCUT2D eigenvalue weighted by atomic mass is 10.1. The van der Waals surface area contributed by atoms with Gasteiger partial charge in [-0.15, -0.1) is 0 Å². The van der Waals surface area contributed by atoms with E-state index in [1.165, 1.54) is 0 Å².